The van der Waals surface area contributed by atoms with Gasteiger partial charge in [0.25, 0.3) is 5.89 Å². The standard InChI is InChI=1S/C13H14FN3O2/c14-10-3-4-11(9(5-10)6-15)18-7-12-16-13(17-19-12)8-1-2-8/h3-5,8H,1-2,6-7,15H2. The molecular weight excluding hydrogens is 249 g/mol. The van der Waals surface area contributed by atoms with E-state index in [4.69, 9.17) is 15.0 Å². The maximum Gasteiger partial charge on any atom is 0.264 e. The van der Waals surface area contributed by atoms with Crippen LogP contribution in [0.15, 0.2) is 22.7 Å². The fourth-order valence-electron chi connectivity index (χ4n) is 1.82. The molecule has 19 heavy (non-hydrogen) atoms. The lowest BCUT2D eigenvalue weighted by molar-refractivity contribution is 0.240. The highest BCUT2D eigenvalue weighted by atomic mass is 19.1. The highest BCUT2D eigenvalue weighted by Crippen LogP contribution is 2.38. The summed E-state index contributed by atoms with van der Waals surface area (Å²) in [5.74, 6) is 1.82. The number of rotatable bonds is 5. The second-order valence-electron chi connectivity index (χ2n) is 4.57. The van der Waals surface area contributed by atoms with Crippen molar-refractivity contribution in [2.24, 2.45) is 5.73 Å². The molecule has 1 saturated carbocycles. The van der Waals surface area contributed by atoms with Crippen LogP contribution in [0.2, 0.25) is 0 Å². The van der Waals surface area contributed by atoms with E-state index in [1.54, 1.807) is 6.07 Å². The number of ether oxygens (including phenoxy) is 1. The predicted molar refractivity (Wildman–Crippen MR) is 64.9 cm³/mol. The zero-order chi connectivity index (χ0) is 13.2. The molecule has 1 aliphatic carbocycles. The average molecular weight is 263 g/mol. The minimum Gasteiger partial charge on any atom is -0.483 e. The minimum absolute atomic E-state index is 0.165. The summed E-state index contributed by atoms with van der Waals surface area (Å²) in [5, 5.41) is 3.90. The Bertz CT molecular complexity index is 581. The van der Waals surface area contributed by atoms with Crippen LogP contribution in [-0.4, -0.2) is 10.1 Å². The van der Waals surface area contributed by atoms with Crippen LogP contribution in [0, 0.1) is 5.82 Å². The van der Waals surface area contributed by atoms with Crippen molar-refractivity contribution in [1.29, 1.82) is 0 Å². The van der Waals surface area contributed by atoms with E-state index in [-0.39, 0.29) is 19.0 Å². The van der Waals surface area contributed by atoms with Crippen LogP contribution in [0.25, 0.3) is 0 Å². The molecule has 5 nitrogen and oxygen atoms in total. The Morgan fingerprint density at radius 2 is 2.26 bits per heavy atom. The van der Waals surface area contributed by atoms with Crippen molar-refractivity contribution in [3.05, 3.63) is 41.3 Å². The van der Waals surface area contributed by atoms with Gasteiger partial charge in [-0.2, -0.15) is 4.98 Å². The topological polar surface area (TPSA) is 74.2 Å². The second-order valence-corrected chi connectivity index (χ2v) is 4.57. The summed E-state index contributed by atoms with van der Waals surface area (Å²) in [5.41, 5.74) is 6.16. The van der Waals surface area contributed by atoms with Crippen LogP contribution in [0.5, 0.6) is 5.75 Å². The van der Waals surface area contributed by atoms with Crippen molar-refractivity contribution in [2.45, 2.75) is 31.9 Å². The molecule has 0 saturated heterocycles. The van der Waals surface area contributed by atoms with E-state index >= 15 is 0 Å². The van der Waals surface area contributed by atoms with E-state index < -0.39 is 0 Å². The third-order valence-corrected chi connectivity index (χ3v) is 3.02. The molecule has 1 aliphatic rings. The fourth-order valence-corrected chi connectivity index (χ4v) is 1.82. The molecule has 0 unspecified atom stereocenters. The van der Waals surface area contributed by atoms with Gasteiger partial charge in [0.1, 0.15) is 11.6 Å². The first-order chi connectivity index (χ1) is 9.26. The summed E-state index contributed by atoms with van der Waals surface area (Å²) in [6.07, 6.45) is 2.24. The molecule has 1 heterocycles. The Labute approximate surface area is 109 Å². The maximum atomic E-state index is 13.0. The van der Waals surface area contributed by atoms with E-state index in [9.17, 15) is 4.39 Å². The molecule has 6 heteroatoms. The third kappa shape index (κ3) is 2.73. The molecular formula is C13H14FN3O2. The van der Waals surface area contributed by atoms with Gasteiger partial charge in [-0.3, -0.25) is 0 Å². The monoisotopic (exact) mass is 263 g/mol. The van der Waals surface area contributed by atoms with E-state index in [0.29, 0.717) is 23.1 Å². The van der Waals surface area contributed by atoms with Crippen LogP contribution in [-0.2, 0) is 13.2 Å². The smallest absolute Gasteiger partial charge is 0.264 e. The Kier molecular flexibility index (Phi) is 3.16. The third-order valence-electron chi connectivity index (χ3n) is 3.02. The fraction of sp³-hybridized carbons (Fsp3) is 0.385. The number of benzene rings is 1. The Morgan fingerprint density at radius 3 is 3.00 bits per heavy atom. The molecule has 3 rings (SSSR count). The Balaban J connectivity index is 1.67. The molecule has 2 N–H and O–H groups in total. The normalized spacial score (nSPS) is 14.6. The largest absolute Gasteiger partial charge is 0.483 e. The molecule has 0 aliphatic heterocycles. The van der Waals surface area contributed by atoms with Gasteiger partial charge in [0.05, 0.1) is 0 Å². The van der Waals surface area contributed by atoms with Crippen molar-refractivity contribution in [3.8, 4) is 5.75 Å². The van der Waals surface area contributed by atoms with Gasteiger partial charge in [-0.25, -0.2) is 4.39 Å². The van der Waals surface area contributed by atoms with E-state index in [1.807, 2.05) is 0 Å². The molecule has 2 aromatic rings. The summed E-state index contributed by atoms with van der Waals surface area (Å²) >= 11 is 0. The summed E-state index contributed by atoms with van der Waals surface area (Å²) in [6, 6.07) is 4.24. The summed E-state index contributed by atoms with van der Waals surface area (Å²) in [7, 11) is 0. The van der Waals surface area contributed by atoms with E-state index in [2.05, 4.69) is 10.1 Å². The van der Waals surface area contributed by atoms with Crippen molar-refractivity contribution in [3.63, 3.8) is 0 Å². The predicted octanol–water partition coefficient (Wildman–Crippen LogP) is 2.12. The number of hydrogen-bond donors (Lipinski definition) is 1. The molecule has 1 aromatic carbocycles. The molecule has 1 fully saturated rings. The molecule has 100 valence electrons. The average Bonchev–Trinajstić information content (AvgIpc) is 3.17. The maximum absolute atomic E-state index is 13.0. The number of nitrogens with zero attached hydrogens (tertiary/aromatic N) is 2. The van der Waals surface area contributed by atoms with Crippen molar-refractivity contribution >= 4 is 0 Å². The highest BCUT2D eigenvalue weighted by Gasteiger charge is 2.28. The first kappa shape index (κ1) is 12.1. The summed E-state index contributed by atoms with van der Waals surface area (Å²) in [4.78, 5) is 4.25. The number of aromatic nitrogens is 2. The minimum atomic E-state index is -0.332. The molecule has 1 aromatic heterocycles. The SMILES string of the molecule is NCc1cc(F)ccc1OCc1nc(C2CC2)no1. The van der Waals surface area contributed by atoms with Crippen molar-refractivity contribution in [1.82, 2.24) is 10.1 Å². The van der Waals surface area contributed by atoms with Gasteiger partial charge in [-0.1, -0.05) is 5.16 Å². The number of halogens is 1. The van der Waals surface area contributed by atoms with Crippen LogP contribution in [0.1, 0.15) is 36.0 Å². The quantitative estimate of drug-likeness (QED) is 0.894. The zero-order valence-electron chi connectivity index (χ0n) is 10.3. The molecule has 0 amide bonds. The summed E-state index contributed by atoms with van der Waals surface area (Å²) in [6.45, 7) is 0.378. The Morgan fingerprint density at radius 1 is 1.42 bits per heavy atom. The van der Waals surface area contributed by atoms with Crippen molar-refractivity contribution < 1.29 is 13.7 Å². The lowest BCUT2D eigenvalue weighted by Gasteiger charge is -2.08. The number of nitrogens with two attached hydrogens (primary N) is 1. The lowest BCUT2D eigenvalue weighted by atomic mass is 10.2. The van der Waals surface area contributed by atoms with E-state index in [0.717, 1.165) is 18.7 Å². The number of hydrogen-bond acceptors (Lipinski definition) is 5. The molecule has 0 spiro atoms. The van der Waals surface area contributed by atoms with Gasteiger partial charge in [0.15, 0.2) is 12.4 Å². The molecule has 0 atom stereocenters. The van der Waals surface area contributed by atoms with Crippen molar-refractivity contribution in [2.75, 3.05) is 0 Å². The summed E-state index contributed by atoms with van der Waals surface area (Å²) < 4.78 is 23.7. The first-order valence-electron chi connectivity index (χ1n) is 6.20. The van der Waals surface area contributed by atoms with E-state index in [1.165, 1.54) is 12.1 Å². The van der Waals surface area contributed by atoms with Gasteiger partial charge in [-0.15, -0.1) is 0 Å². The zero-order valence-corrected chi connectivity index (χ0v) is 10.3. The van der Waals surface area contributed by atoms with Crippen LogP contribution < -0.4 is 10.5 Å². The molecule has 0 bridgehead atoms. The highest BCUT2D eigenvalue weighted by molar-refractivity contribution is 5.33. The van der Waals surface area contributed by atoms with Gasteiger partial charge in [0, 0.05) is 18.0 Å². The molecule has 0 radical (unpaired) electrons. The van der Waals surface area contributed by atoms with Gasteiger partial charge in [-0.05, 0) is 31.0 Å². The van der Waals surface area contributed by atoms with Crippen LogP contribution in [0.3, 0.4) is 0 Å². The van der Waals surface area contributed by atoms with Crippen LogP contribution >= 0.6 is 0 Å². The van der Waals surface area contributed by atoms with Crippen LogP contribution in [0.4, 0.5) is 4.39 Å². The van der Waals surface area contributed by atoms with Gasteiger partial charge in [0.2, 0.25) is 0 Å². The van der Waals surface area contributed by atoms with Gasteiger partial charge >= 0.3 is 0 Å². The lowest BCUT2D eigenvalue weighted by Crippen LogP contribution is -2.03. The first-order valence-corrected chi connectivity index (χ1v) is 6.20. The van der Waals surface area contributed by atoms with Gasteiger partial charge < -0.3 is 15.0 Å². The second kappa shape index (κ2) is 4.97. The Hall–Kier alpha value is -1.95.